The van der Waals surface area contributed by atoms with E-state index >= 15 is 4.39 Å². The summed E-state index contributed by atoms with van der Waals surface area (Å²) < 4.78 is 76.4. The molecule has 3 aromatic carbocycles. The largest absolute Gasteiger partial charge is 0.492 e. The molecule has 0 atom stereocenters. The molecule has 3 nitrogen and oxygen atoms in total. The number of aromatic nitrogens is 1. The van der Waals surface area contributed by atoms with Crippen LogP contribution in [0.3, 0.4) is 0 Å². The fourth-order valence-electron chi connectivity index (χ4n) is 3.92. The molecule has 0 bridgehead atoms. The van der Waals surface area contributed by atoms with Crippen LogP contribution in [0.1, 0.15) is 30.9 Å². The summed E-state index contributed by atoms with van der Waals surface area (Å²) in [7, 11) is 0. The van der Waals surface area contributed by atoms with Crippen molar-refractivity contribution in [3.8, 4) is 22.8 Å². The van der Waals surface area contributed by atoms with Gasteiger partial charge in [0.25, 0.3) is 0 Å². The average Bonchev–Trinajstić information content (AvgIpc) is 2.87. The minimum absolute atomic E-state index is 0.298. The molecule has 0 fully saturated rings. The first-order valence-corrected chi connectivity index (χ1v) is 12.0. The van der Waals surface area contributed by atoms with Crippen molar-refractivity contribution in [2.75, 3.05) is 13.2 Å². The summed E-state index contributed by atoms with van der Waals surface area (Å²) in [5.74, 6) is -1.01. The standard InChI is InChI=1S/C29H26F5NO2/c1-2-3-14-36-23-10-12-26(35-17-23)22-9-11-24-21(16-22)8-7-20(28(24)31)6-4-19-5-13-27(25(30)15-19)37-18-29(32,33)34/h5,7-13,15-17H,2-4,6,14,18H2,1H3. The van der Waals surface area contributed by atoms with E-state index in [1.165, 1.54) is 6.07 Å². The number of fused-ring (bicyclic) bond motifs is 1. The third-order valence-electron chi connectivity index (χ3n) is 5.90. The van der Waals surface area contributed by atoms with Crippen molar-refractivity contribution in [1.29, 1.82) is 0 Å². The van der Waals surface area contributed by atoms with E-state index in [0.717, 1.165) is 41.6 Å². The van der Waals surface area contributed by atoms with Gasteiger partial charge in [-0.15, -0.1) is 0 Å². The molecule has 8 heteroatoms. The molecule has 0 unspecified atom stereocenters. The zero-order valence-electron chi connectivity index (χ0n) is 20.2. The van der Waals surface area contributed by atoms with Crippen LogP contribution in [-0.2, 0) is 12.8 Å². The predicted molar refractivity (Wildman–Crippen MR) is 133 cm³/mol. The number of rotatable bonds is 10. The highest BCUT2D eigenvalue weighted by Crippen LogP contribution is 2.28. The second-order valence-electron chi connectivity index (χ2n) is 8.72. The summed E-state index contributed by atoms with van der Waals surface area (Å²) in [5.41, 5.74) is 2.59. The number of alkyl halides is 3. The monoisotopic (exact) mass is 515 g/mol. The second-order valence-corrected chi connectivity index (χ2v) is 8.72. The van der Waals surface area contributed by atoms with Crippen LogP contribution in [0.5, 0.6) is 11.5 Å². The molecule has 0 amide bonds. The van der Waals surface area contributed by atoms with Crippen molar-refractivity contribution in [2.45, 2.75) is 38.8 Å². The van der Waals surface area contributed by atoms with Gasteiger partial charge in [-0.25, -0.2) is 8.78 Å². The van der Waals surface area contributed by atoms with Crippen LogP contribution >= 0.6 is 0 Å². The maximum atomic E-state index is 15.2. The van der Waals surface area contributed by atoms with Crippen molar-refractivity contribution in [2.24, 2.45) is 0 Å². The molecular formula is C29H26F5NO2. The van der Waals surface area contributed by atoms with E-state index in [9.17, 15) is 17.6 Å². The number of unbranched alkanes of at least 4 members (excludes halogenated alkanes) is 1. The average molecular weight is 516 g/mol. The third kappa shape index (κ3) is 6.96. The van der Waals surface area contributed by atoms with Gasteiger partial charge in [-0.3, -0.25) is 4.98 Å². The number of ether oxygens (including phenoxy) is 2. The Labute approximate surface area is 211 Å². The molecular weight excluding hydrogens is 489 g/mol. The van der Waals surface area contributed by atoms with Gasteiger partial charge in [-0.2, -0.15) is 13.2 Å². The van der Waals surface area contributed by atoms with Gasteiger partial charge in [0.05, 0.1) is 18.5 Å². The van der Waals surface area contributed by atoms with E-state index in [1.54, 1.807) is 18.3 Å². The molecule has 0 radical (unpaired) electrons. The molecule has 4 rings (SSSR count). The van der Waals surface area contributed by atoms with Crippen molar-refractivity contribution < 1.29 is 31.4 Å². The lowest BCUT2D eigenvalue weighted by atomic mass is 9.98. The first-order valence-electron chi connectivity index (χ1n) is 12.0. The molecule has 0 aliphatic heterocycles. The zero-order valence-corrected chi connectivity index (χ0v) is 20.2. The Balaban J connectivity index is 1.44. The van der Waals surface area contributed by atoms with Crippen LogP contribution in [0.15, 0.2) is 66.9 Å². The molecule has 4 aromatic rings. The fraction of sp³-hybridized carbons (Fsp3) is 0.276. The van der Waals surface area contributed by atoms with Gasteiger partial charge in [-0.05, 0) is 66.1 Å². The Hall–Kier alpha value is -3.68. The molecule has 0 saturated heterocycles. The Morgan fingerprint density at radius 2 is 1.70 bits per heavy atom. The van der Waals surface area contributed by atoms with E-state index < -0.39 is 24.3 Å². The van der Waals surface area contributed by atoms with Crippen molar-refractivity contribution in [1.82, 2.24) is 4.98 Å². The van der Waals surface area contributed by atoms with Crippen LogP contribution in [-0.4, -0.2) is 24.4 Å². The van der Waals surface area contributed by atoms with Crippen molar-refractivity contribution in [3.05, 3.63) is 89.6 Å². The number of aryl methyl sites for hydroxylation is 2. The van der Waals surface area contributed by atoms with Crippen molar-refractivity contribution in [3.63, 3.8) is 0 Å². The van der Waals surface area contributed by atoms with Crippen LogP contribution in [0.4, 0.5) is 22.0 Å². The highest BCUT2D eigenvalue weighted by Gasteiger charge is 2.29. The first kappa shape index (κ1) is 26.4. The Morgan fingerprint density at radius 1 is 0.865 bits per heavy atom. The SMILES string of the molecule is CCCCOc1ccc(-c2ccc3c(F)c(CCc4ccc(OCC(F)(F)F)c(F)c4)ccc3c2)nc1. The van der Waals surface area contributed by atoms with Gasteiger partial charge in [-0.1, -0.05) is 43.7 Å². The maximum absolute atomic E-state index is 15.2. The molecule has 1 heterocycles. The molecule has 37 heavy (non-hydrogen) atoms. The summed E-state index contributed by atoms with van der Waals surface area (Å²) in [4.78, 5) is 4.46. The van der Waals surface area contributed by atoms with Crippen molar-refractivity contribution >= 4 is 10.8 Å². The number of pyridine rings is 1. The lowest BCUT2D eigenvalue weighted by molar-refractivity contribution is -0.153. The number of hydrogen-bond donors (Lipinski definition) is 0. The van der Waals surface area contributed by atoms with Crippen LogP contribution < -0.4 is 9.47 Å². The van der Waals surface area contributed by atoms with Crippen LogP contribution in [0.25, 0.3) is 22.0 Å². The summed E-state index contributed by atoms with van der Waals surface area (Å²) in [6.45, 7) is 1.17. The lowest BCUT2D eigenvalue weighted by Gasteiger charge is -2.11. The molecule has 0 spiro atoms. The van der Waals surface area contributed by atoms with Gasteiger partial charge in [0.15, 0.2) is 18.2 Å². The predicted octanol–water partition coefficient (Wildman–Crippen LogP) is 8.09. The minimum atomic E-state index is -4.55. The third-order valence-corrected chi connectivity index (χ3v) is 5.90. The molecule has 0 N–H and O–H groups in total. The highest BCUT2D eigenvalue weighted by atomic mass is 19.4. The number of hydrogen-bond acceptors (Lipinski definition) is 3. The quantitative estimate of drug-likeness (QED) is 0.158. The fourth-order valence-corrected chi connectivity index (χ4v) is 3.92. The molecule has 0 aliphatic carbocycles. The normalized spacial score (nSPS) is 11.6. The van der Waals surface area contributed by atoms with Gasteiger partial charge in [0.1, 0.15) is 11.6 Å². The number of nitrogens with zero attached hydrogens (tertiary/aromatic N) is 1. The van der Waals surface area contributed by atoms with Gasteiger partial charge >= 0.3 is 6.18 Å². The van der Waals surface area contributed by atoms with Gasteiger partial charge in [0, 0.05) is 10.9 Å². The number of halogens is 5. The summed E-state index contributed by atoms with van der Waals surface area (Å²) in [6, 6.07) is 16.4. The Morgan fingerprint density at radius 3 is 2.41 bits per heavy atom. The van der Waals surface area contributed by atoms with E-state index in [0.29, 0.717) is 41.7 Å². The Kier molecular flexibility index (Phi) is 8.26. The van der Waals surface area contributed by atoms with Gasteiger partial charge in [0.2, 0.25) is 0 Å². The van der Waals surface area contributed by atoms with Gasteiger partial charge < -0.3 is 9.47 Å². The van der Waals surface area contributed by atoms with E-state index in [-0.39, 0.29) is 5.82 Å². The summed E-state index contributed by atoms with van der Waals surface area (Å²) in [5, 5.41) is 1.18. The molecule has 1 aromatic heterocycles. The van der Waals surface area contributed by atoms with Crippen LogP contribution in [0.2, 0.25) is 0 Å². The summed E-state index contributed by atoms with van der Waals surface area (Å²) in [6.07, 6.45) is -0.236. The number of benzene rings is 3. The first-order chi connectivity index (χ1) is 17.7. The summed E-state index contributed by atoms with van der Waals surface area (Å²) >= 11 is 0. The second kappa shape index (κ2) is 11.6. The molecule has 0 saturated carbocycles. The zero-order chi connectivity index (χ0) is 26.4. The smallest absolute Gasteiger partial charge is 0.422 e. The van der Waals surface area contributed by atoms with E-state index in [4.69, 9.17) is 4.74 Å². The maximum Gasteiger partial charge on any atom is 0.422 e. The Bertz CT molecular complexity index is 1350. The topological polar surface area (TPSA) is 31.4 Å². The minimum Gasteiger partial charge on any atom is -0.492 e. The highest BCUT2D eigenvalue weighted by molar-refractivity contribution is 5.88. The molecule has 194 valence electrons. The molecule has 0 aliphatic rings. The van der Waals surface area contributed by atoms with E-state index in [2.05, 4.69) is 16.6 Å². The lowest BCUT2D eigenvalue weighted by Crippen LogP contribution is -2.19. The van der Waals surface area contributed by atoms with Crippen LogP contribution in [0, 0.1) is 11.6 Å². The van der Waals surface area contributed by atoms with E-state index in [1.807, 2.05) is 30.3 Å².